The monoisotopic (exact) mass is 316 g/mol. The highest BCUT2D eigenvalue weighted by atomic mass is 16.2. The van der Waals surface area contributed by atoms with Crippen molar-refractivity contribution in [1.82, 2.24) is 15.2 Å². The van der Waals surface area contributed by atoms with Crippen molar-refractivity contribution in [2.24, 2.45) is 5.92 Å². The van der Waals surface area contributed by atoms with Crippen molar-refractivity contribution in [3.05, 3.63) is 23.9 Å². The first-order valence-electron chi connectivity index (χ1n) is 8.42. The topological polar surface area (TPSA) is 65.5 Å². The van der Waals surface area contributed by atoms with Crippen LogP contribution in [0.1, 0.15) is 31.7 Å². The van der Waals surface area contributed by atoms with E-state index in [2.05, 4.69) is 15.2 Å². The van der Waals surface area contributed by atoms with Gasteiger partial charge in [0, 0.05) is 45.3 Å². The van der Waals surface area contributed by atoms with Gasteiger partial charge in [0.1, 0.15) is 5.82 Å². The highest BCUT2D eigenvalue weighted by Crippen LogP contribution is 2.19. The first-order valence-corrected chi connectivity index (χ1v) is 8.42. The van der Waals surface area contributed by atoms with E-state index >= 15 is 0 Å². The van der Waals surface area contributed by atoms with Crippen LogP contribution in [0.2, 0.25) is 0 Å². The molecule has 124 valence electrons. The van der Waals surface area contributed by atoms with Gasteiger partial charge in [-0.1, -0.05) is 6.07 Å². The first-order chi connectivity index (χ1) is 11.2. The number of amides is 2. The number of nitrogens with zero attached hydrogens (tertiary/aromatic N) is 3. The molecule has 2 aliphatic heterocycles. The molecule has 0 aliphatic carbocycles. The summed E-state index contributed by atoms with van der Waals surface area (Å²) in [6.07, 6.45) is 4.61. The molecule has 2 amide bonds. The van der Waals surface area contributed by atoms with Gasteiger partial charge in [-0.25, -0.2) is 4.98 Å². The molecule has 23 heavy (non-hydrogen) atoms. The van der Waals surface area contributed by atoms with Gasteiger partial charge in [-0.05, 0) is 31.4 Å². The van der Waals surface area contributed by atoms with Crippen LogP contribution in [0.3, 0.4) is 0 Å². The number of aromatic nitrogens is 1. The van der Waals surface area contributed by atoms with E-state index in [1.165, 1.54) is 12.8 Å². The average molecular weight is 316 g/mol. The lowest BCUT2D eigenvalue weighted by molar-refractivity contribution is -0.128. The van der Waals surface area contributed by atoms with Crippen molar-refractivity contribution in [2.45, 2.75) is 32.7 Å². The molecule has 6 nitrogen and oxygen atoms in total. The molecule has 3 rings (SSSR count). The lowest BCUT2D eigenvalue weighted by atomic mass is 10.1. The Morgan fingerprint density at radius 1 is 1.35 bits per heavy atom. The van der Waals surface area contributed by atoms with E-state index in [-0.39, 0.29) is 17.7 Å². The molecule has 0 bridgehead atoms. The van der Waals surface area contributed by atoms with Gasteiger partial charge in [0.25, 0.3) is 0 Å². The zero-order valence-corrected chi connectivity index (χ0v) is 13.6. The third kappa shape index (κ3) is 3.63. The summed E-state index contributed by atoms with van der Waals surface area (Å²) in [7, 11) is 0. The smallest absolute Gasteiger partial charge is 0.225 e. The Morgan fingerprint density at radius 3 is 2.74 bits per heavy atom. The van der Waals surface area contributed by atoms with Gasteiger partial charge in [0.15, 0.2) is 0 Å². The van der Waals surface area contributed by atoms with Crippen molar-refractivity contribution in [1.29, 1.82) is 0 Å². The van der Waals surface area contributed by atoms with E-state index in [0.717, 1.165) is 24.5 Å². The van der Waals surface area contributed by atoms with E-state index < -0.39 is 0 Å². The SMILES string of the molecule is CCN1C[C@@H](C(=O)NCc2ccc(N3CCCC3)nc2)CC1=O. The minimum absolute atomic E-state index is 0.0436. The van der Waals surface area contributed by atoms with E-state index in [1.807, 2.05) is 25.3 Å². The number of hydrogen-bond donors (Lipinski definition) is 1. The summed E-state index contributed by atoms with van der Waals surface area (Å²) >= 11 is 0. The van der Waals surface area contributed by atoms with Crippen molar-refractivity contribution < 1.29 is 9.59 Å². The molecule has 2 aliphatic rings. The van der Waals surface area contributed by atoms with Crippen LogP contribution in [-0.2, 0) is 16.1 Å². The minimum Gasteiger partial charge on any atom is -0.357 e. The highest BCUT2D eigenvalue weighted by molar-refractivity contribution is 5.89. The minimum atomic E-state index is -0.223. The van der Waals surface area contributed by atoms with E-state index in [1.54, 1.807) is 4.90 Å². The van der Waals surface area contributed by atoms with Gasteiger partial charge < -0.3 is 15.1 Å². The molecule has 1 aromatic heterocycles. The Labute approximate surface area is 136 Å². The van der Waals surface area contributed by atoms with Gasteiger partial charge in [-0.15, -0.1) is 0 Å². The largest absolute Gasteiger partial charge is 0.357 e. The van der Waals surface area contributed by atoms with Crippen LogP contribution < -0.4 is 10.2 Å². The van der Waals surface area contributed by atoms with Crippen LogP contribution in [0.15, 0.2) is 18.3 Å². The predicted molar refractivity (Wildman–Crippen MR) is 87.9 cm³/mol. The molecule has 0 aromatic carbocycles. The van der Waals surface area contributed by atoms with Crippen LogP contribution >= 0.6 is 0 Å². The molecular weight excluding hydrogens is 292 g/mol. The van der Waals surface area contributed by atoms with Gasteiger partial charge in [0.2, 0.25) is 11.8 Å². The van der Waals surface area contributed by atoms with Crippen molar-refractivity contribution in [3.63, 3.8) is 0 Å². The van der Waals surface area contributed by atoms with Gasteiger partial charge in [-0.3, -0.25) is 9.59 Å². The standard InChI is InChI=1S/C17H24N4O2/c1-2-20-12-14(9-16(20)22)17(23)19-11-13-5-6-15(18-10-13)21-7-3-4-8-21/h5-6,10,14H,2-4,7-9,11-12H2,1H3,(H,19,23)/t14-/m0/s1. The number of carbonyl (C=O) groups is 2. The maximum atomic E-state index is 12.2. The van der Waals surface area contributed by atoms with E-state index in [0.29, 0.717) is 26.1 Å². The maximum absolute atomic E-state index is 12.2. The molecule has 0 radical (unpaired) electrons. The van der Waals surface area contributed by atoms with Gasteiger partial charge >= 0.3 is 0 Å². The number of pyridine rings is 1. The van der Waals surface area contributed by atoms with E-state index in [9.17, 15) is 9.59 Å². The van der Waals surface area contributed by atoms with Gasteiger partial charge in [-0.2, -0.15) is 0 Å². The molecule has 2 saturated heterocycles. The predicted octanol–water partition coefficient (Wildman–Crippen LogP) is 1.17. The molecular formula is C17H24N4O2. The number of carbonyl (C=O) groups excluding carboxylic acids is 2. The molecule has 2 fully saturated rings. The second kappa shape index (κ2) is 6.98. The van der Waals surface area contributed by atoms with E-state index in [4.69, 9.17) is 0 Å². The summed E-state index contributed by atoms with van der Waals surface area (Å²) in [5.41, 5.74) is 0.984. The van der Waals surface area contributed by atoms with Crippen LogP contribution in [0.25, 0.3) is 0 Å². The van der Waals surface area contributed by atoms with Crippen LogP contribution in [0, 0.1) is 5.92 Å². The van der Waals surface area contributed by atoms with Crippen molar-refractivity contribution in [3.8, 4) is 0 Å². The molecule has 1 N–H and O–H groups in total. The Bertz CT molecular complexity index is 566. The van der Waals surface area contributed by atoms with Crippen LogP contribution in [-0.4, -0.2) is 47.9 Å². The normalized spacial score (nSPS) is 21.1. The first kappa shape index (κ1) is 15.8. The molecule has 6 heteroatoms. The zero-order valence-electron chi connectivity index (χ0n) is 13.6. The lowest BCUT2D eigenvalue weighted by Crippen LogP contribution is -2.32. The third-order valence-corrected chi connectivity index (χ3v) is 4.67. The number of likely N-dealkylation sites (tertiary alicyclic amines) is 1. The summed E-state index contributed by atoms with van der Waals surface area (Å²) in [6.45, 7) is 5.76. The Morgan fingerprint density at radius 2 is 2.13 bits per heavy atom. The number of hydrogen-bond acceptors (Lipinski definition) is 4. The molecule has 1 atom stereocenters. The molecule has 3 heterocycles. The molecule has 0 unspecified atom stereocenters. The number of nitrogens with one attached hydrogen (secondary N) is 1. The fourth-order valence-corrected chi connectivity index (χ4v) is 3.24. The van der Waals surface area contributed by atoms with Gasteiger partial charge in [0.05, 0.1) is 5.92 Å². The molecule has 1 aromatic rings. The number of rotatable bonds is 5. The Kier molecular flexibility index (Phi) is 4.79. The second-order valence-corrected chi connectivity index (χ2v) is 6.27. The maximum Gasteiger partial charge on any atom is 0.225 e. The Balaban J connectivity index is 1.50. The zero-order chi connectivity index (χ0) is 16.2. The summed E-state index contributed by atoms with van der Waals surface area (Å²) in [4.78, 5) is 32.4. The van der Waals surface area contributed by atoms with Crippen molar-refractivity contribution in [2.75, 3.05) is 31.1 Å². The fraction of sp³-hybridized carbons (Fsp3) is 0.588. The van der Waals surface area contributed by atoms with Crippen LogP contribution in [0.4, 0.5) is 5.82 Å². The highest BCUT2D eigenvalue weighted by Gasteiger charge is 2.33. The molecule has 0 spiro atoms. The summed E-state index contributed by atoms with van der Waals surface area (Å²) < 4.78 is 0. The van der Waals surface area contributed by atoms with Crippen LogP contribution in [0.5, 0.6) is 0 Å². The summed E-state index contributed by atoms with van der Waals surface area (Å²) in [5.74, 6) is 0.819. The molecule has 0 saturated carbocycles. The summed E-state index contributed by atoms with van der Waals surface area (Å²) in [5, 5.41) is 2.92. The quantitative estimate of drug-likeness (QED) is 0.885. The third-order valence-electron chi connectivity index (χ3n) is 4.67. The average Bonchev–Trinajstić information content (AvgIpc) is 3.22. The summed E-state index contributed by atoms with van der Waals surface area (Å²) in [6, 6.07) is 4.03. The fourth-order valence-electron chi connectivity index (χ4n) is 3.24. The lowest BCUT2D eigenvalue weighted by Gasteiger charge is -2.16. The Hall–Kier alpha value is -2.11. The second-order valence-electron chi connectivity index (χ2n) is 6.27. The van der Waals surface area contributed by atoms with Crippen molar-refractivity contribution >= 4 is 17.6 Å². The number of anilines is 1.